The van der Waals surface area contributed by atoms with Gasteiger partial charge in [-0.1, -0.05) is 13.0 Å². The van der Waals surface area contributed by atoms with E-state index in [1.165, 1.54) is 0 Å². The lowest BCUT2D eigenvalue weighted by Crippen LogP contribution is -2.42. The minimum atomic E-state index is -0.454. The number of hydrogen-bond acceptors (Lipinski definition) is 4. The van der Waals surface area contributed by atoms with E-state index in [0.717, 1.165) is 37.5 Å². The molecular formula is C13H20N2O2. The Hall–Kier alpha value is -1.13. The fourth-order valence-corrected chi connectivity index (χ4v) is 2.01. The number of nitrogens with zero attached hydrogens (tertiary/aromatic N) is 2. The van der Waals surface area contributed by atoms with Crippen molar-refractivity contribution >= 4 is 5.82 Å². The summed E-state index contributed by atoms with van der Waals surface area (Å²) in [6.45, 7) is 6.43. The molecule has 1 N–H and O–H groups in total. The number of morpholine rings is 1. The highest BCUT2D eigenvalue weighted by Gasteiger charge is 2.19. The highest BCUT2D eigenvalue weighted by Crippen LogP contribution is 2.18. The predicted octanol–water partition coefficient (Wildman–Crippen LogP) is 1.75. The summed E-state index contributed by atoms with van der Waals surface area (Å²) < 4.78 is 5.63. The van der Waals surface area contributed by atoms with Gasteiger partial charge in [0.15, 0.2) is 0 Å². The van der Waals surface area contributed by atoms with Crippen LogP contribution in [0.5, 0.6) is 0 Å². The number of aliphatic hydroxyl groups excluding tert-OH is 1. The molecule has 1 aliphatic heterocycles. The fraction of sp³-hybridized carbons (Fsp3) is 0.615. The third-order valence-electron chi connectivity index (χ3n) is 3.17. The second-order valence-corrected chi connectivity index (χ2v) is 4.47. The number of aromatic nitrogens is 1. The van der Waals surface area contributed by atoms with Crippen LogP contribution in [-0.2, 0) is 4.74 Å². The zero-order valence-electron chi connectivity index (χ0n) is 10.5. The first-order chi connectivity index (χ1) is 8.20. The maximum atomic E-state index is 9.43. The summed E-state index contributed by atoms with van der Waals surface area (Å²) in [5, 5.41) is 9.43. The average molecular weight is 236 g/mol. The smallest absolute Gasteiger partial charge is 0.128 e. The van der Waals surface area contributed by atoms with Gasteiger partial charge in [0.05, 0.1) is 18.8 Å². The van der Waals surface area contributed by atoms with Crippen LogP contribution in [0.25, 0.3) is 0 Å². The van der Waals surface area contributed by atoms with Crippen molar-refractivity contribution in [3.8, 4) is 0 Å². The molecule has 94 valence electrons. The van der Waals surface area contributed by atoms with Crippen LogP contribution in [0.15, 0.2) is 18.3 Å². The first-order valence-corrected chi connectivity index (χ1v) is 6.21. The van der Waals surface area contributed by atoms with Crippen molar-refractivity contribution in [3.63, 3.8) is 0 Å². The first-order valence-electron chi connectivity index (χ1n) is 6.21. The molecule has 2 rings (SSSR count). The fourth-order valence-electron chi connectivity index (χ4n) is 2.01. The molecule has 4 nitrogen and oxygen atoms in total. The second kappa shape index (κ2) is 5.47. The van der Waals surface area contributed by atoms with Crippen molar-refractivity contribution in [2.45, 2.75) is 32.5 Å². The van der Waals surface area contributed by atoms with Gasteiger partial charge in [-0.25, -0.2) is 4.98 Å². The van der Waals surface area contributed by atoms with Crippen LogP contribution in [0.3, 0.4) is 0 Å². The van der Waals surface area contributed by atoms with Gasteiger partial charge in [0.2, 0.25) is 0 Å². The highest BCUT2D eigenvalue weighted by molar-refractivity contribution is 5.40. The summed E-state index contributed by atoms with van der Waals surface area (Å²) in [7, 11) is 0. The van der Waals surface area contributed by atoms with Crippen LogP contribution in [0.4, 0.5) is 5.82 Å². The van der Waals surface area contributed by atoms with Gasteiger partial charge in [-0.05, 0) is 25.0 Å². The minimum absolute atomic E-state index is 0.307. The lowest BCUT2D eigenvalue weighted by molar-refractivity contribution is 0.0381. The maximum absolute atomic E-state index is 9.43. The van der Waals surface area contributed by atoms with Gasteiger partial charge in [-0.3, -0.25) is 0 Å². The molecule has 1 aromatic heterocycles. The van der Waals surface area contributed by atoms with E-state index < -0.39 is 6.10 Å². The van der Waals surface area contributed by atoms with Gasteiger partial charge in [-0.15, -0.1) is 0 Å². The number of aliphatic hydroxyl groups is 1. The van der Waals surface area contributed by atoms with E-state index in [9.17, 15) is 5.11 Å². The quantitative estimate of drug-likeness (QED) is 0.868. The molecule has 2 heterocycles. The molecular weight excluding hydrogens is 216 g/mol. The second-order valence-electron chi connectivity index (χ2n) is 4.47. The summed E-state index contributed by atoms with van der Waals surface area (Å²) in [6, 6.07) is 3.91. The zero-order valence-corrected chi connectivity index (χ0v) is 10.5. The molecule has 17 heavy (non-hydrogen) atoms. The SMILES string of the molecule is CCC1CN(c2ccc([C@@H](C)O)cn2)CCO1. The number of hydrogen-bond donors (Lipinski definition) is 1. The Bertz CT molecular complexity index is 351. The lowest BCUT2D eigenvalue weighted by Gasteiger charge is -2.33. The summed E-state index contributed by atoms with van der Waals surface area (Å²) in [4.78, 5) is 6.64. The molecule has 4 heteroatoms. The molecule has 0 bridgehead atoms. The Labute approximate surface area is 102 Å². The summed E-state index contributed by atoms with van der Waals surface area (Å²) in [5.41, 5.74) is 0.856. The third kappa shape index (κ3) is 2.96. The third-order valence-corrected chi connectivity index (χ3v) is 3.17. The standard InChI is InChI=1S/C13H20N2O2/c1-3-12-9-15(6-7-17-12)13-5-4-11(8-14-13)10(2)16/h4-5,8,10,12,16H,3,6-7,9H2,1-2H3/t10-,12?/m1/s1. The highest BCUT2D eigenvalue weighted by atomic mass is 16.5. The van der Waals surface area contributed by atoms with Crippen LogP contribution in [0.1, 0.15) is 31.9 Å². The molecule has 0 spiro atoms. The number of pyridine rings is 1. The van der Waals surface area contributed by atoms with Gasteiger partial charge < -0.3 is 14.7 Å². The molecule has 0 aromatic carbocycles. The van der Waals surface area contributed by atoms with E-state index in [-0.39, 0.29) is 0 Å². The summed E-state index contributed by atoms with van der Waals surface area (Å²) >= 11 is 0. The molecule has 0 amide bonds. The van der Waals surface area contributed by atoms with E-state index in [1.807, 2.05) is 12.1 Å². The summed E-state index contributed by atoms with van der Waals surface area (Å²) in [6.07, 6.45) is 2.63. The van der Waals surface area contributed by atoms with E-state index in [2.05, 4.69) is 16.8 Å². The van der Waals surface area contributed by atoms with Crippen LogP contribution < -0.4 is 4.90 Å². The van der Waals surface area contributed by atoms with E-state index >= 15 is 0 Å². The van der Waals surface area contributed by atoms with Crippen molar-refractivity contribution in [1.29, 1.82) is 0 Å². The molecule has 0 radical (unpaired) electrons. The monoisotopic (exact) mass is 236 g/mol. The molecule has 0 saturated carbocycles. The molecule has 1 fully saturated rings. The molecule has 1 saturated heterocycles. The Morgan fingerprint density at radius 1 is 1.59 bits per heavy atom. The molecule has 1 aromatic rings. The van der Waals surface area contributed by atoms with E-state index in [1.54, 1.807) is 13.1 Å². The normalized spacial score (nSPS) is 22.5. The predicted molar refractivity (Wildman–Crippen MR) is 67.1 cm³/mol. The summed E-state index contributed by atoms with van der Waals surface area (Å²) in [5.74, 6) is 0.969. The lowest BCUT2D eigenvalue weighted by atomic mass is 10.2. The minimum Gasteiger partial charge on any atom is -0.389 e. The molecule has 1 unspecified atom stereocenters. The maximum Gasteiger partial charge on any atom is 0.128 e. The van der Waals surface area contributed by atoms with Crippen LogP contribution in [0, 0.1) is 0 Å². The Morgan fingerprint density at radius 3 is 3.00 bits per heavy atom. The van der Waals surface area contributed by atoms with Crippen LogP contribution in [-0.4, -0.2) is 35.9 Å². The van der Waals surface area contributed by atoms with Crippen molar-refractivity contribution < 1.29 is 9.84 Å². The zero-order chi connectivity index (χ0) is 12.3. The molecule has 2 atom stereocenters. The Balaban J connectivity index is 2.06. The first kappa shape index (κ1) is 12.3. The Kier molecular flexibility index (Phi) is 3.97. The van der Waals surface area contributed by atoms with E-state index in [0.29, 0.717) is 6.10 Å². The van der Waals surface area contributed by atoms with Gasteiger partial charge in [0.1, 0.15) is 5.82 Å². The van der Waals surface area contributed by atoms with Crippen molar-refractivity contribution in [1.82, 2.24) is 4.98 Å². The number of rotatable bonds is 3. The molecule has 0 aliphatic carbocycles. The topological polar surface area (TPSA) is 45.6 Å². The van der Waals surface area contributed by atoms with Crippen LogP contribution >= 0.6 is 0 Å². The van der Waals surface area contributed by atoms with Crippen molar-refractivity contribution in [2.75, 3.05) is 24.6 Å². The van der Waals surface area contributed by atoms with Gasteiger partial charge in [0, 0.05) is 19.3 Å². The molecule has 1 aliphatic rings. The van der Waals surface area contributed by atoms with Gasteiger partial charge in [-0.2, -0.15) is 0 Å². The van der Waals surface area contributed by atoms with E-state index in [4.69, 9.17) is 4.74 Å². The van der Waals surface area contributed by atoms with Crippen molar-refractivity contribution in [3.05, 3.63) is 23.9 Å². The average Bonchev–Trinajstić information content (AvgIpc) is 2.39. The number of ether oxygens (including phenoxy) is 1. The Morgan fingerprint density at radius 2 is 2.41 bits per heavy atom. The van der Waals surface area contributed by atoms with Crippen LogP contribution in [0.2, 0.25) is 0 Å². The largest absolute Gasteiger partial charge is 0.389 e. The number of anilines is 1. The van der Waals surface area contributed by atoms with Crippen molar-refractivity contribution in [2.24, 2.45) is 0 Å². The van der Waals surface area contributed by atoms with Gasteiger partial charge in [0.25, 0.3) is 0 Å². The van der Waals surface area contributed by atoms with Gasteiger partial charge >= 0.3 is 0 Å².